The molecule has 0 aliphatic carbocycles. The molecule has 248 valence electrons. The standard InChI is InChI=1S/C28H34F2N7O8P/c1-3-36-12-11-21(28(29,30)14-36)43-26(40)17(2)35-46(41,45-18-7-5-4-6-8-18)42-15-27(13-31)24(39)22(38)23(44-27)19-9-10-20-25(32)33-16-34-37(19)20/h4-10,16-17,21-24,38-39H,3,11-12,14-15H2,1-2H3,(H,35,41)(H2,32,33,34)/t17-,21?,22-,23-,24-,27+,46?/m0/s1. The Bertz CT molecular complexity index is 1640. The fourth-order valence-corrected chi connectivity index (χ4v) is 6.82. The second kappa shape index (κ2) is 13.2. The highest BCUT2D eigenvalue weighted by Crippen LogP contribution is 2.48. The first-order valence-electron chi connectivity index (χ1n) is 14.4. The van der Waals surface area contributed by atoms with Crippen molar-refractivity contribution in [2.45, 2.75) is 62.2 Å². The minimum Gasteiger partial charge on any atom is -0.455 e. The Morgan fingerprint density at radius 1 is 1.30 bits per heavy atom. The van der Waals surface area contributed by atoms with Crippen molar-refractivity contribution in [1.29, 1.82) is 5.26 Å². The van der Waals surface area contributed by atoms with E-state index >= 15 is 0 Å². The van der Waals surface area contributed by atoms with Gasteiger partial charge in [0.1, 0.15) is 54.6 Å². The predicted molar refractivity (Wildman–Crippen MR) is 156 cm³/mol. The van der Waals surface area contributed by atoms with Crippen molar-refractivity contribution in [1.82, 2.24) is 24.6 Å². The monoisotopic (exact) mass is 665 g/mol. The molecule has 1 aromatic carbocycles. The van der Waals surface area contributed by atoms with Gasteiger partial charge < -0.3 is 29.9 Å². The summed E-state index contributed by atoms with van der Waals surface area (Å²) in [6.45, 7) is 2.18. The second-order valence-electron chi connectivity index (χ2n) is 11.0. The van der Waals surface area contributed by atoms with Crippen LogP contribution in [0.15, 0.2) is 48.8 Å². The van der Waals surface area contributed by atoms with Gasteiger partial charge in [-0.2, -0.15) is 15.4 Å². The van der Waals surface area contributed by atoms with Crippen LogP contribution in [-0.2, 0) is 23.4 Å². The number of aromatic nitrogens is 3. The number of anilines is 1. The van der Waals surface area contributed by atoms with Crippen LogP contribution in [-0.4, -0.2) is 97.8 Å². The Morgan fingerprint density at radius 3 is 2.72 bits per heavy atom. The second-order valence-corrected chi connectivity index (χ2v) is 12.7. The van der Waals surface area contributed by atoms with E-state index < -0.39 is 68.8 Å². The number of ether oxygens (including phenoxy) is 2. The highest BCUT2D eigenvalue weighted by Gasteiger charge is 2.57. The molecule has 15 nitrogen and oxygen atoms in total. The number of nitrogens with two attached hydrogens (primary N) is 1. The highest BCUT2D eigenvalue weighted by molar-refractivity contribution is 7.52. The number of aliphatic hydroxyl groups is 2. The number of hydrogen-bond donors (Lipinski definition) is 4. The number of nitrogens with zero attached hydrogens (tertiary/aromatic N) is 5. The van der Waals surface area contributed by atoms with E-state index in [1.807, 2.05) is 0 Å². The number of rotatable bonds is 11. The third kappa shape index (κ3) is 6.69. The third-order valence-corrected chi connectivity index (χ3v) is 9.51. The molecule has 7 atom stereocenters. The summed E-state index contributed by atoms with van der Waals surface area (Å²) < 4.78 is 66.9. The molecule has 2 aromatic heterocycles. The van der Waals surface area contributed by atoms with Gasteiger partial charge in [0.25, 0.3) is 5.92 Å². The van der Waals surface area contributed by atoms with Crippen LogP contribution in [0.3, 0.4) is 0 Å². The molecule has 0 bridgehead atoms. The van der Waals surface area contributed by atoms with E-state index in [-0.39, 0.29) is 23.7 Å². The fourth-order valence-electron chi connectivity index (χ4n) is 5.30. The number of halogens is 2. The summed E-state index contributed by atoms with van der Waals surface area (Å²) in [5, 5.41) is 38.5. The zero-order valence-electron chi connectivity index (χ0n) is 24.9. The van der Waals surface area contributed by atoms with Crippen molar-refractivity contribution in [3.05, 3.63) is 54.5 Å². The average molecular weight is 666 g/mol. The average Bonchev–Trinajstić information content (AvgIpc) is 3.57. The Hall–Kier alpha value is -3.75. The Labute approximate surface area is 262 Å². The van der Waals surface area contributed by atoms with Crippen molar-refractivity contribution in [3.63, 3.8) is 0 Å². The van der Waals surface area contributed by atoms with Crippen LogP contribution >= 0.6 is 7.75 Å². The number of aliphatic hydroxyl groups excluding tert-OH is 2. The van der Waals surface area contributed by atoms with Crippen molar-refractivity contribution in [2.24, 2.45) is 0 Å². The molecule has 0 radical (unpaired) electrons. The molecule has 2 saturated heterocycles. The summed E-state index contributed by atoms with van der Waals surface area (Å²) in [7, 11) is -4.64. The third-order valence-electron chi connectivity index (χ3n) is 7.88. The summed E-state index contributed by atoms with van der Waals surface area (Å²) in [5.41, 5.74) is 4.21. The zero-order chi connectivity index (χ0) is 33.3. The Morgan fingerprint density at radius 2 is 2.04 bits per heavy atom. The number of hydrogen-bond acceptors (Lipinski definition) is 13. The van der Waals surface area contributed by atoms with E-state index in [2.05, 4.69) is 15.2 Å². The number of piperidine rings is 1. The quantitative estimate of drug-likeness (QED) is 0.170. The lowest BCUT2D eigenvalue weighted by molar-refractivity contribution is -0.189. The summed E-state index contributed by atoms with van der Waals surface area (Å²) in [5.74, 6) is -4.28. The minimum absolute atomic E-state index is 0.0334. The van der Waals surface area contributed by atoms with Gasteiger partial charge in [-0.15, -0.1) is 0 Å². The summed E-state index contributed by atoms with van der Waals surface area (Å²) in [4.78, 5) is 18.4. The van der Waals surface area contributed by atoms with Gasteiger partial charge in [-0.3, -0.25) is 14.2 Å². The molecule has 4 heterocycles. The maximum absolute atomic E-state index is 14.7. The molecule has 18 heteroatoms. The number of benzene rings is 1. The Kier molecular flexibility index (Phi) is 9.62. The number of para-hydroxylation sites is 1. The number of alkyl halides is 2. The van der Waals surface area contributed by atoms with E-state index in [9.17, 15) is 33.6 Å². The zero-order valence-corrected chi connectivity index (χ0v) is 25.8. The number of fused-ring (bicyclic) bond motifs is 1. The molecule has 5 rings (SSSR count). The van der Waals surface area contributed by atoms with Crippen molar-refractivity contribution >= 4 is 25.1 Å². The molecule has 2 aliphatic heterocycles. The van der Waals surface area contributed by atoms with Gasteiger partial charge in [0.2, 0.25) is 5.60 Å². The van der Waals surface area contributed by atoms with Gasteiger partial charge in [-0.05, 0) is 37.7 Å². The molecule has 2 unspecified atom stereocenters. The smallest absolute Gasteiger partial charge is 0.455 e. The maximum atomic E-state index is 14.7. The van der Waals surface area contributed by atoms with Gasteiger partial charge in [0, 0.05) is 13.0 Å². The summed E-state index contributed by atoms with van der Waals surface area (Å²) >= 11 is 0. The van der Waals surface area contributed by atoms with Crippen LogP contribution in [0.1, 0.15) is 32.1 Å². The lowest BCUT2D eigenvalue weighted by atomic mass is 9.96. The predicted octanol–water partition coefficient (Wildman–Crippen LogP) is 1.82. The molecule has 0 amide bonds. The summed E-state index contributed by atoms with van der Waals surface area (Å²) in [6.07, 6.45) is -5.49. The summed E-state index contributed by atoms with van der Waals surface area (Å²) in [6, 6.07) is 11.1. The van der Waals surface area contributed by atoms with Crippen LogP contribution < -0.4 is 15.3 Å². The first kappa shape index (κ1) is 33.6. The van der Waals surface area contributed by atoms with Crippen LogP contribution in [0.5, 0.6) is 5.75 Å². The van der Waals surface area contributed by atoms with Crippen LogP contribution in [0.4, 0.5) is 14.6 Å². The lowest BCUT2D eigenvalue weighted by Crippen LogP contribution is -2.54. The lowest BCUT2D eigenvalue weighted by Gasteiger charge is -2.37. The number of nitrogen functional groups attached to an aromatic ring is 1. The van der Waals surface area contributed by atoms with E-state index in [4.69, 9.17) is 24.3 Å². The number of carbonyl (C=O) groups excluding carboxylic acids is 1. The topological polar surface area (TPSA) is 207 Å². The van der Waals surface area contributed by atoms with E-state index in [0.717, 1.165) is 0 Å². The van der Waals surface area contributed by atoms with Crippen molar-refractivity contribution in [3.8, 4) is 11.8 Å². The molecule has 3 aromatic rings. The van der Waals surface area contributed by atoms with Gasteiger partial charge >= 0.3 is 13.7 Å². The number of esters is 1. The van der Waals surface area contributed by atoms with E-state index in [1.54, 1.807) is 37.3 Å². The van der Waals surface area contributed by atoms with Crippen molar-refractivity contribution in [2.75, 3.05) is 32.0 Å². The number of nitriles is 1. The largest absolute Gasteiger partial charge is 0.459 e. The van der Waals surface area contributed by atoms with Crippen LogP contribution in [0, 0.1) is 11.3 Å². The molecule has 5 N–H and O–H groups in total. The first-order valence-corrected chi connectivity index (χ1v) is 16.0. The van der Waals surface area contributed by atoms with Crippen LogP contribution in [0.25, 0.3) is 5.52 Å². The SMILES string of the molecule is CCN1CCC(OC(=O)[C@H](C)NP(=O)(OC[C@@]2(C#N)O[C@@H](c3ccc4c(N)ncnn34)[C@H](O)[C@@H]2O)Oc2ccccc2)C(F)(F)C1. The van der Waals surface area contributed by atoms with E-state index in [1.165, 1.54) is 40.9 Å². The van der Waals surface area contributed by atoms with Gasteiger partial charge in [0.15, 0.2) is 11.9 Å². The minimum atomic E-state index is -4.64. The molecule has 46 heavy (non-hydrogen) atoms. The normalized spacial score (nSPS) is 28.3. The molecular formula is C28H34F2N7O8P. The fraction of sp³-hybridized carbons (Fsp3) is 0.500. The maximum Gasteiger partial charge on any atom is 0.459 e. The number of nitrogens with one attached hydrogen (secondary N) is 1. The molecule has 2 aliphatic rings. The molecular weight excluding hydrogens is 631 g/mol. The highest BCUT2D eigenvalue weighted by atomic mass is 31.2. The molecule has 0 saturated carbocycles. The van der Waals surface area contributed by atoms with Gasteiger partial charge in [-0.1, -0.05) is 25.1 Å². The van der Waals surface area contributed by atoms with Crippen molar-refractivity contribution < 1.29 is 46.9 Å². The van der Waals surface area contributed by atoms with E-state index in [0.29, 0.717) is 18.6 Å². The number of likely N-dealkylation sites (tertiary alicyclic amines) is 1. The molecule has 2 fully saturated rings. The first-order chi connectivity index (χ1) is 21.8. The number of carbonyl (C=O) groups is 1. The van der Waals surface area contributed by atoms with Gasteiger partial charge in [0.05, 0.1) is 12.2 Å². The molecule has 0 spiro atoms. The van der Waals surface area contributed by atoms with Gasteiger partial charge in [-0.25, -0.2) is 22.8 Å². The van der Waals surface area contributed by atoms with Crippen LogP contribution in [0.2, 0.25) is 0 Å². The Balaban J connectivity index is 1.34.